The number of nitrogens with two attached hydrogens (primary N) is 1. The van der Waals surface area contributed by atoms with Crippen LogP contribution in [0.15, 0.2) is 35.7 Å². The number of primary sulfonamides is 1. The molecule has 0 bridgehead atoms. The van der Waals surface area contributed by atoms with Crippen LogP contribution in [0.3, 0.4) is 0 Å². The number of nitro groups is 1. The van der Waals surface area contributed by atoms with E-state index in [9.17, 15) is 18.5 Å². The van der Waals surface area contributed by atoms with Gasteiger partial charge in [0.1, 0.15) is 6.33 Å². The number of nitrogens with zero attached hydrogens (tertiary/aromatic N) is 4. The van der Waals surface area contributed by atoms with E-state index in [0.29, 0.717) is 5.56 Å². The summed E-state index contributed by atoms with van der Waals surface area (Å²) in [5, 5.41) is 18.8. The molecule has 0 radical (unpaired) electrons. The van der Waals surface area contributed by atoms with E-state index in [1.807, 2.05) is 0 Å². The molecule has 10 heteroatoms. The smallest absolute Gasteiger partial charge is 0.258 e. The Morgan fingerprint density at radius 2 is 2.05 bits per heavy atom. The van der Waals surface area contributed by atoms with Crippen LogP contribution in [0.5, 0.6) is 0 Å². The van der Waals surface area contributed by atoms with Gasteiger partial charge in [0.2, 0.25) is 0 Å². The second kappa shape index (κ2) is 4.74. The third-order valence-electron chi connectivity index (χ3n) is 2.29. The summed E-state index contributed by atoms with van der Waals surface area (Å²) < 4.78 is 23.2. The Morgan fingerprint density at radius 1 is 1.37 bits per heavy atom. The molecule has 9 nitrogen and oxygen atoms in total. The zero-order valence-corrected chi connectivity index (χ0v) is 10.3. The minimum atomic E-state index is -3.98. The maximum atomic E-state index is 11.0. The Bertz CT molecular complexity index is 724. The molecule has 19 heavy (non-hydrogen) atoms. The number of para-hydroxylation sites is 1. The predicted molar refractivity (Wildman–Crippen MR) is 63.6 cm³/mol. The second-order valence-electron chi connectivity index (χ2n) is 3.66. The monoisotopic (exact) mass is 283 g/mol. The average molecular weight is 283 g/mol. The quantitative estimate of drug-likeness (QED) is 0.614. The number of hydrogen-bond acceptors (Lipinski definition) is 6. The van der Waals surface area contributed by atoms with Crippen LogP contribution in [0, 0.1) is 10.1 Å². The standard InChI is InChI=1S/C9H9N5O4S/c10-19(17,18)9-11-6-13(12-9)5-7-3-1-2-4-8(7)14(15)16/h1-4,6H,5H2,(H2,10,17,18). The summed E-state index contributed by atoms with van der Waals surface area (Å²) in [6.45, 7) is 0.0275. The van der Waals surface area contributed by atoms with Gasteiger partial charge in [-0.2, -0.15) is 0 Å². The van der Waals surface area contributed by atoms with Crippen LogP contribution in [0.1, 0.15) is 5.56 Å². The van der Waals surface area contributed by atoms with E-state index in [1.54, 1.807) is 18.2 Å². The van der Waals surface area contributed by atoms with E-state index < -0.39 is 20.1 Å². The van der Waals surface area contributed by atoms with Gasteiger partial charge in [-0.3, -0.25) is 10.1 Å². The minimum Gasteiger partial charge on any atom is -0.258 e. The fraction of sp³-hybridized carbons (Fsp3) is 0.111. The van der Waals surface area contributed by atoms with Crippen molar-refractivity contribution in [1.82, 2.24) is 14.8 Å². The molecule has 0 aliphatic heterocycles. The zero-order valence-electron chi connectivity index (χ0n) is 9.50. The first kappa shape index (κ1) is 13.1. The summed E-state index contributed by atoms with van der Waals surface area (Å²) >= 11 is 0. The fourth-order valence-electron chi connectivity index (χ4n) is 1.48. The van der Waals surface area contributed by atoms with Crippen LogP contribution in [-0.2, 0) is 16.6 Å². The van der Waals surface area contributed by atoms with Gasteiger partial charge in [0.15, 0.2) is 0 Å². The van der Waals surface area contributed by atoms with Gasteiger partial charge in [0.25, 0.3) is 20.9 Å². The Morgan fingerprint density at radius 3 is 2.63 bits per heavy atom. The largest absolute Gasteiger partial charge is 0.281 e. The van der Waals surface area contributed by atoms with Crippen molar-refractivity contribution >= 4 is 15.7 Å². The number of nitro benzene ring substituents is 1. The van der Waals surface area contributed by atoms with E-state index in [1.165, 1.54) is 10.7 Å². The zero-order chi connectivity index (χ0) is 14.0. The van der Waals surface area contributed by atoms with Crippen molar-refractivity contribution in [2.75, 3.05) is 0 Å². The van der Waals surface area contributed by atoms with E-state index in [2.05, 4.69) is 10.1 Å². The van der Waals surface area contributed by atoms with Gasteiger partial charge in [0.05, 0.1) is 17.0 Å². The molecule has 1 aromatic carbocycles. The first-order chi connectivity index (χ1) is 8.88. The summed E-state index contributed by atoms with van der Waals surface area (Å²) in [5.41, 5.74) is 0.313. The predicted octanol–water partition coefficient (Wildman–Crippen LogP) is -0.118. The highest BCUT2D eigenvalue weighted by Crippen LogP contribution is 2.18. The highest BCUT2D eigenvalue weighted by Gasteiger charge is 2.16. The van der Waals surface area contributed by atoms with Gasteiger partial charge in [-0.05, 0) is 0 Å². The average Bonchev–Trinajstić information content (AvgIpc) is 2.77. The van der Waals surface area contributed by atoms with Crippen LogP contribution in [0.2, 0.25) is 0 Å². The molecule has 0 atom stereocenters. The lowest BCUT2D eigenvalue weighted by Crippen LogP contribution is -2.14. The number of aromatic nitrogens is 3. The molecule has 0 amide bonds. The van der Waals surface area contributed by atoms with Crippen LogP contribution in [0.4, 0.5) is 5.69 Å². The molecule has 2 aromatic rings. The van der Waals surface area contributed by atoms with Crippen molar-refractivity contribution < 1.29 is 13.3 Å². The summed E-state index contributed by atoms with van der Waals surface area (Å²) in [5.74, 6) is 0. The number of hydrogen-bond donors (Lipinski definition) is 1. The highest BCUT2D eigenvalue weighted by molar-refractivity contribution is 7.89. The molecule has 0 aliphatic rings. The number of benzene rings is 1. The van der Waals surface area contributed by atoms with Crippen LogP contribution in [-0.4, -0.2) is 28.1 Å². The van der Waals surface area contributed by atoms with Gasteiger partial charge in [-0.1, -0.05) is 18.2 Å². The molecule has 1 aromatic heterocycles. The molecule has 0 spiro atoms. The van der Waals surface area contributed by atoms with Crippen molar-refractivity contribution in [1.29, 1.82) is 0 Å². The molecule has 0 aliphatic carbocycles. The topological polar surface area (TPSA) is 134 Å². The lowest BCUT2D eigenvalue weighted by molar-refractivity contribution is -0.385. The lowest BCUT2D eigenvalue weighted by atomic mass is 10.2. The lowest BCUT2D eigenvalue weighted by Gasteiger charge is -2.01. The molecule has 1 heterocycles. The molecular weight excluding hydrogens is 274 g/mol. The Hall–Kier alpha value is -2.33. The van der Waals surface area contributed by atoms with Crippen molar-refractivity contribution in [3.05, 3.63) is 46.3 Å². The third-order valence-corrected chi connectivity index (χ3v) is 2.99. The Kier molecular flexibility index (Phi) is 3.27. The molecule has 0 saturated carbocycles. The van der Waals surface area contributed by atoms with Gasteiger partial charge in [0, 0.05) is 6.07 Å². The van der Waals surface area contributed by atoms with E-state index in [4.69, 9.17) is 5.14 Å². The molecule has 100 valence electrons. The normalized spacial score (nSPS) is 11.4. The first-order valence-electron chi connectivity index (χ1n) is 5.02. The summed E-state index contributed by atoms with van der Waals surface area (Å²) in [4.78, 5) is 13.8. The molecule has 0 saturated heterocycles. The summed E-state index contributed by atoms with van der Waals surface area (Å²) in [7, 11) is -3.98. The maximum Gasteiger partial charge on any atom is 0.281 e. The van der Waals surface area contributed by atoms with Crippen molar-refractivity contribution in [3.63, 3.8) is 0 Å². The van der Waals surface area contributed by atoms with Crippen LogP contribution < -0.4 is 5.14 Å². The first-order valence-corrected chi connectivity index (χ1v) is 6.57. The van der Waals surface area contributed by atoms with E-state index >= 15 is 0 Å². The summed E-state index contributed by atoms with van der Waals surface area (Å²) in [6.07, 6.45) is 1.15. The van der Waals surface area contributed by atoms with Crippen molar-refractivity contribution in [2.45, 2.75) is 11.7 Å². The molecular formula is C9H9N5O4S. The highest BCUT2D eigenvalue weighted by atomic mass is 32.2. The van der Waals surface area contributed by atoms with Crippen LogP contribution in [0.25, 0.3) is 0 Å². The number of sulfonamides is 1. The van der Waals surface area contributed by atoms with Gasteiger partial charge in [-0.25, -0.2) is 23.2 Å². The SMILES string of the molecule is NS(=O)(=O)c1ncn(Cc2ccccc2[N+](=O)[O-])n1. The fourth-order valence-corrected chi connectivity index (χ4v) is 1.89. The molecule has 2 N–H and O–H groups in total. The Labute approximate surface area is 107 Å². The van der Waals surface area contributed by atoms with E-state index in [-0.39, 0.29) is 12.2 Å². The van der Waals surface area contributed by atoms with E-state index in [0.717, 1.165) is 6.33 Å². The molecule has 2 rings (SSSR count). The van der Waals surface area contributed by atoms with Gasteiger partial charge < -0.3 is 0 Å². The maximum absolute atomic E-state index is 11.0. The van der Waals surface area contributed by atoms with Gasteiger partial charge in [-0.15, -0.1) is 5.10 Å². The van der Waals surface area contributed by atoms with Gasteiger partial charge >= 0.3 is 0 Å². The third kappa shape index (κ3) is 2.92. The Balaban J connectivity index is 2.32. The van der Waals surface area contributed by atoms with Crippen molar-refractivity contribution in [2.24, 2.45) is 5.14 Å². The number of rotatable bonds is 4. The van der Waals surface area contributed by atoms with Crippen molar-refractivity contribution in [3.8, 4) is 0 Å². The second-order valence-corrected chi connectivity index (χ2v) is 5.11. The van der Waals surface area contributed by atoms with Crippen LogP contribution >= 0.6 is 0 Å². The minimum absolute atomic E-state index is 0.0275. The molecule has 0 fully saturated rings. The molecule has 0 unspecified atom stereocenters. The summed E-state index contributed by atoms with van der Waals surface area (Å²) in [6, 6.07) is 6.09.